The van der Waals surface area contributed by atoms with E-state index < -0.39 is 22.6 Å². The zero-order valence-electron chi connectivity index (χ0n) is 22.9. The maximum atomic E-state index is 14.0. The monoisotopic (exact) mass is 578 g/mol. The minimum atomic E-state index is -0.716. The number of unbranched alkanes of at least 4 members (excludes halogenated alkanes) is 1. The van der Waals surface area contributed by atoms with Crippen LogP contribution in [0.15, 0.2) is 48.5 Å². The molecule has 0 aliphatic carbocycles. The summed E-state index contributed by atoms with van der Waals surface area (Å²) >= 11 is 1.63. The Morgan fingerprint density at radius 1 is 1.15 bits per heavy atom. The second kappa shape index (κ2) is 11.3. The van der Waals surface area contributed by atoms with Gasteiger partial charge in [-0.1, -0.05) is 17.3 Å². The summed E-state index contributed by atoms with van der Waals surface area (Å²) in [6, 6.07) is 14.0. The van der Waals surface area contributed by atoms with Gasteiger partial charge in [-0.3, -0.25) is 14.4 Å². The number of aliphatic hydroxyl groups excluding tert-OH is 1. The van der Waals surface area contributed by atoms with Crippen LogP contribution in [-0.2, 0) is 21.1 Å². The van der Waals surface area contributed by atoms with E-state index in [-0.39, 0.29) is 36.2 Å². The number of hydrogen-bond acceptors (Lipinski definition) is 8. The Kier molecular flexibility index (Phi) is 7.60. The van der Waals surface area contributed by atoms with E-state index in [0.29, 0.717) is 38.1 Å². The zero-order chi connectivity index (χ0) is 28.6. The van der Waals surface area contributed by atoms with E-state index in [1.165, 1.54) is 0 Å². The number of aliphatic hydroxyl groups is 1. The molecule has 216 valence electrons. The van der Waals surface area contributed by atoms with Crippen molar-refractivity contribution < 1.29 is 24.2 Å². The van der Waals surface area contributed by atoms with Gasteiger partial charge in [-0.05, 0) is 69.0 Å². The third-order valence-electron chi connectivity index (χ3n) is 8.41. The van der Waals surface area contributed by atoms with Crippen LogP contribution in [0.5, 0.6) is 5.75 Å². The molecule has 0 saturated carbocycles. The van der Waals surface area contributed by atoms with Gasteiger partial charge in [0.2, 0.25) is 17.7 Å². The Bertz CT molecular complexity index is 1450. The summed E-state index contributed by atoms with van der Waals surface area (Å²) in [6.07, 6.45) is 2.54. The maximum absolute atomic E-state index is 14.0. The van der Waals surface area contributed by atoms with Crippen molar-refractivity contribution in [2.75, 3.05) is 25.1 Å². The van der Waals surface area contributed by atoms with E-state index in [4.69, 9.17) is 4.74 Å². The fraction of sp³-hybridized carbons (Fsp3) is 0.483. The number of anilines is 1. The number of hydrogen-bond donors (Lipinski definition) is 3. The van der Waals surface area contributed by atoms with E-state index in [0.717, 1.165) is 23.2 Å². The average molecular weight is 579 g/mol. The van der Waals surface area contributed by atoms with Crippen LogP contribution in [0.4, 0.5) is 5.69 Å². The van der Waals surface area contributed by atoms with Crippen molar-refractivity contribution in [2.24, 2.45) is 11.8 Å². The molecule has 3 amide bonds. The highest BCUT2D eigenvalue weighted by Gasteiger charge is 2.73. The maximum Gasteiger partial charge on any atom is 0.245 e. The van der Waals surface area contributed by atoms with Crippen molar-refractivity contribution in [2.45, 2.75) is 55.3 Å². The lowest BCUT2D eigenvalue weighted by Gasteiger charge is -2.34. The van der Waals surface area contributed by atoms with Crippen molar-refractivity contribution in [1.82, 2.24) is 25.2 Å². The number of nitrogens with zero attached hydrogens (tertiary/aromatic N) is 4. The molecule has 3 saturated heterocycles. The normalized spacial score (nSPS) is 26.4. The zero-order valence-corrected chi connectivity index (χ0v) is 23.7. The predicted molar refractivity (Wildman–Crippen MR) is 154 cm³/mol. The molecule has 1 spiro atoms. The number of para-hydroxylation sites is 1. The molecular weight excluding hydrogens is 544 g/mol. The number of fused-ring (bicyclic) bond motifs is 2. The van der Waals surface area contributed by atoms with Crippen molar-refractivity contribution in [3.63, 3.8) is 0 Å². The van der Waals surface area contributed by atoms with Gasteiger partial charge in [-0.25, -0.2) is 4.68 Å². The van der Waals surface area contributed by atoms with Crippen molar-refractivity contribution in [3.8, 4) is 5.75 Å². The van der Waals surface area contributed by atoms with Gasteiger partial charge in [0.05, 0.1) is 28.7 Å². The first kappa shape index (κ1) is 27.5. The van der Waals surface area contributed by atoms with Crippen LogP contribution in [0.1, 0.15) is 32.6 Å². The molecular formula is C29H34N6O5S. The second-order valence-corrected chi connectivity index (χ2v) is 12.3. The summed E-state index contributed by atoms with van der Waals surface area (Å²) in [5.41, 5.74) is 2.17. The molecule has 5 atom stereocenters. The number of ether oxygens (including phenoxy) is 1. The van der Waals surface area contributed by atoms with Crippen LogP contribution in [0.2, 0.25) is 0 Å². The van der Waals surface area contributed by atoms with Gasteiger partial charge in [0.1, 0.15) is 24.0 Å². The molecule has 3 aliphatic heterocycles. The van der Waals surface area contributed by atoms with Crippen LogP contribution in [0.25, 0.3) is 11.0 Å². The van der Waals surface area contributed by atoms with Crippen molar-refractivity contribution in [3.05, 3.63) is 48.5 Å². The van der Waals surface area contributed by atoms with Gasteiger partial charge >= 0.3 is 0 Å². The predicted octanol–water partition coefficient (Wildman–Crippen LogP) is 2.41. The number of amides is 3. The van der Waals surface area contributed by atoms with E-state index in [9.17, 15) is 19.5 Å². The van der Waals surface area contributed by atoms with E-state index in [1.807, 2.05) is 31.2 Å². The molecule has 3 aliphatic rings. The lowest BCUT2D eigenvalue weighted by Crippen LogP contribution is -2.53. The van der Waals surface area contributed by atoms with Crippen LogP contribution < -0.4 is 15.4 Å². The molecule has 41 heavy (non-hydrogen) atoms. The Morgan fingerprint density at radius 2 is 1.95 bits per heavy atom. The third kappa shape index (κ3) is 4.82. The lowest BCUT2D eigenvalue weighted by molar-refractivity contribution is -0.139. The SMILES string of the molecule is CCOc1ccc(NC(=O)[C@@H]2[C@@H]3CCC4(S3)C(C(=O)NCn3nnc5ccccc53)N(CCCCO)C(=O)[C@H]24)cc1. The summed E-state index contributed by atoms with van der Waals surface area (Å²) in [7, 11) is 0. The minimum absolute atomic E-state index is 0.0107. The second-order valence-electron chi connectivity index (χ2n) is 10.7. The van der Waals surface area contributed by atoms with E-state index in [2.05, 4.69) is 20.9 Å². The van der Waals surface area contributed by atoms with Crippen molar-refractivity contribution >= 4 is 46.2 Å². The molecule has 2 bridgehead atoms. The van der Waals surface area contributed by atoms with Crippen LogP contribution in [0, 0.1) is 11.8 Å². The van der Waals surface area contributed by atoms with Gasteiger partial charge in [-0.15, -0.1) is 16.9 Å². The van der Waals surface area contributed by atoms with Crippen molar-refractivity contribution in [1.29, 1.82) is 0 Å². The molecule has 2 unspecified atom stereocenters. The summed E-state index contributed by atoms with van der Waals surface area (Å²) in [5.74, 6) is -1.02. The molecule has 0 radical (unpaired) electrons. The molecule has 1 aromatic heterocycles. The Hall–Kier alpha value is -3.64. The number of likely N-dealkylation sites (tertiary alicyclic amines) is 1. The first-order valence-corrected chi connectivity index (χ1v) is 15.0. The molecule has 4 heterocycles. The topological polar surface area (TPSA) is 139 Å². The fourth-order valence-corrected chi connectivity index (χ4v) is 8.92. The highest BCUT2D eigenvalue weighted by Crippen LogP contribution is 2.66. The Labute approximate surface area is 242 Å². The number of carbonyl (C=O) groups excluding carboxylic acids is 3. The fourth-order valence-electron chi connectivity index (χ4n) is 6.70. The Balaban J connectivity index is 1.24. The molecule has 11 nitrogen and oxygen atoms in total. The highest BCUT2D eigenvalue weighted by molar-refractivity contribution is 8.02. The molecule has 12 heteroatoms. The van der Waals surface area contributed by atoms with Gasteiger partial charge in [0.25, 0.3) is 0 Å². The molecule has 6 rings (SSSR count). The molecule has 3 N–H and O–H groups in total. The lowest BCUT2D eigenvalue weighted by atomic mass is 9.70. The highest BCUT2D eigenvalue weighted by atomic mass is 32.2. The van der Waals surface area contributed by atoms with Crippen LogP contribution >= 0.6 is 11.8 Å². The number of rotatable bonds is 11. The number of thioether (sulfide) groups is 1. The first-order chi connectivity index (χ1) is 20.0. The number of aromatic nitrogens is 3. The molecule has 3 fully saturated rings. The van der Waals surface area contributed by atoms with E-state index >= 15 is 0 Å². The van der Waals surface area contributed by atoms with E-state index in [1.54, 1.807) is 45.6 Å². The standard InChI is InChI=1S/C29H34N6O5S/c1-2-40-19-11-9-18(10-12-19)31-26(37)23-22-13-14-29(41-22)24(23)28(39)34(15-5-6-16-36)25(29)27(38)30-17-35-21-8-4-3-7-20(21)32-33-35/h3-4,7-12,22-25,36H,2,5-6,13-17H2,1H3,(H,30,38)(H,31,37)/t22-,23+,24-,25?,29?/m0/s1. The van der Waals surface area contributed by atoms with Gasteiger partial charge in [-0.2, -0.15) is 0 Å². The van der Waals surface area contributed by atoms with Crippen LogP contribution in [-0.4, -0.2) is 78.5 Å². The summed E-state index contributed by atoms with van der Waals surface area (Å²) < 4.78 is 6.44. The number of carbonyl (C=O) groups is 3. The summed E-state index contributed by atoms with van der Waals surface area (Å²) in [5, 5.41) is 23.7. The third-order valence-corrected chi connectivity index (χ3v) is 10.4. The smallest absolute Gasteiger partial charge is 0.245 e. The molecule has 2 aromatic carbocycles. The average Bonchev–Trinajstić information content (AvgIpc) is 3.73. The minimum Gasteiger partial charge on any atom is -0.494 e. The number of benzene rings is 2. The quantitative estimate of drug-likeness (QED) is 0.295. The largest absolute Gasteiger partial charge is 0.494 e. The summed E-state index contributed by atoms with van der Waals surface area (Å²) in [4.78, 5) is 43.2. The first-order valence-electron chi connectivity index (χ1n) is 14.2. The van der Waals surface area contributed by atoms with Gasteiger partial charge in [0.15, 0.2) is 0 Å². The van der Waals surface area contributed by atoms with Gasteiger partial charge < -0.3 is 25.4 Å². The van der Waals surface area contributed by atoms with Gasteiger partial charge in [0, 0.05) is 24.1 Å². The Morgan fingerprint density at radius 3 is 2.73 bits per heavy atom. The molecule has 3 aromatic rings. The van der Waals surface area contributed by atoms with Crippen LogP contribution in [0.3, 0.4) is 0 Å². The number of nitrogens with one attached hydrogen (secondary N) is 2. The summed E-state index contributed by atoms with van der Waals surface area (Å²) in [6.45, 7) is 2.94.